The van der Waals surface area contributed by atoms with Crippen molar-refractivity contribution in [2.24, 2.45) is 5.92 Å². The number of rotatable bonds is 7. The fourth-order valence-corrected chi connectivity index (χ4v) is 8.81. The molecule has 8 aromatic rings. The first-order valence-corrected chi connectivity index (χ1v) is 22.8. The van der Waals surface area contributed by atoms with Gasteiger partial charge in [0.15, 0.2) is 0 Å². The van der Waals surface area contributed by atoms with Crippen molar-refractivity contribution in [3.05, 3.63) is 163 Å². The van der Waals surface area contributed by atoms with E-state index in [-0.39, 0.29) is 25.5 Å². The molecule has 0 bridgehead atoms. The minimum absolute atomic E-state index is 0. The SMILES string of the molecule is CC(C)(C)c1ccnc(-c2[c-]ccc3c2oc2cc(-c4ccccc4)cc(-c4ccccc4)c23)c1.CC(C)Cc1cc(-c2[c-]cccc2)ncc1[Si](C)(C)C.[Ir]. The van der Waals surface area contributed by atoms with Crippen LogP contribution in [0.4, 0.5) is 0 Å². The van der Waals surface area contributed by atoms with E-state index in [4.69, 9.17) is 9.40 Å². The second-order valence-electron chi connectivity index (χ2n) is 16.9. The zero-order chi connectivity index (χ0) is 38.7. The predicted molar refractivity (Wildman–Crippen MR) is 235 cm³/mol. The van der Waals surface area contributed by atoms with Crippen molar-refractivity contribution in [1.82, 2.24) is 9.97 Å². The van der Waals surface area contributed by atoms with Gasteiger partial charge in [-0.1, -0.05) is 144 Å². The summed E-state index contributed by atoms with van der Waals surface area (Å²) < 4.78 is 6.62. The Bertz CT molecular complexity index is 2550. The summed E-state index contributed by atoms with van der Waals surface area (Å²) in [6, 6.07) is 50.8. The molecular weight excluding hydrogens is 877 g/mol. The standard InChI is InChI=1S/C33H26NO.C18H24NSi.Ir/c1-33(2,3)25-17-18-34-29(21-25)26-15-10-16-27-31-28(23-13-8-5-9-14-23)19-24(20-30(31)35-32(26)27)22-11-6-4-7-12-22;1-14(2)11-16-12-17(15-9-7-6-8-10-15)19-13-18(16)20(3,4)5;/h4-14,16-21H,1-3H3;6-9,12-14H,11H2,1-5H3;/q2*-1;. The monoisotopic (exact) mass is 927 g/mol. The van der Waals surface area contributed by atoms with Gasteiger partial charge < -0.3 is 14.4 Å². The van der Waals surface area contributed by atoms with Crippen molar-refractivity contribution in [2.75, 3.05) is 0 Å². The molecule has 3 nitrogen and oxygen atoms in total. The van der Waals surface area contributed by atoms with Crippen molar-refractivity contribution in [2.45, 2.75) is 66.1 Å². The summed E-state index contributed by atoms with van der Waals surface area (Å²) in [4.78, 5) is 9.38. The van der Waals surface area contributed by atoms with Crippen LogP contribution in [-0.4, -0.2) is 18.0 Å². The summed E-state index contributed by atoms with van der Waals surface area (Å²) in [7, 11) is -1.34. The number of aromatic nitrogens is 2. The van der Waals surface area contributed by atoms with Crippen LogP contribution in [0.5, 0.6) is 0 Å². The molecule has 0 N–H and O–H groups in total. The summed E-state index contributed by atoms with van der Waals surface area (Å²) in [5.41, 5.74) is 13.0. The summed E-state index contributed by atoms with van der Waals surface area (Å²) >= 11 is 0. The van der Waals surface area contributed by atoms with E-state index in [1.54, 1.807) is 0 Å². The third-order valence-electron chi connectivity index (χ3n) is 10.0. The normalized spacial score (nSPS) is 11.7. The van der Waals surface area contributed by atoms with Crippen LogP contribution in [0.25, 0.3) is 66.7 Å². The number of nitrogens with zero attached hydrogens (tertiary/aromatic N) is 2. The van der Waals surface area contributed by atoms with Gasteiger partial charge >= 0.3 is 0 Å². The van der Waals surface area contributed by atoms with Crippen molar-refractivity contribution >= 4 is 35.2 Å². The second-order valence-corrected chi connectivity index (χ2v) is 21.9. The Morgan fingerprint density at radius 3 is 2.04 bits per heavy atom. The van der Waals surface area contributed by atoms with E-state index in [1.165, 1.54) is 27.4 Å². The molecule has 56 heavy (non-hydrogen) atoms. The first-order valence-electron chi connectivity index (χ1n) is 19.3. The molecule has 0 unspecified atom stereocenters. The van der Waals surface area contributed by atoms with Crippen molar-refractivity contribution in [1.29, 1.82) is 0 Å². The largest absolute Gasteiger partial charge is 0.501 e. The van der Waals surface area contributed by atoms with Gasteiger partial charge in [-0.25, -0.2) is 0 Å². The van der Waals surface area contributed by atoms with E-state index in [0.29, 0.717) is 5.92 Å². The first-order chi connectivity index (χ1) is 26.4. The quantitative estimate of drug-likeness (QED) is 0.118. The summed E-state index contributed by atoms with van der Waals surface area (Å²) in [6.07, 6.45) is 5.12. The van der Waals surface area contributed by atoms with Crippen molar-refractivity contribution < 1.29 is 24.5 Å². The zero-order valence-electron chi connectivity index (χ0n) is 33.7. The van der Waals surface area contributed by atoms with Gasteiger partial charge in [-0.05, 0) is 80.3 Å². The fourth-order valence-electron chi connectivity index (χ4n) is 7.22. The molecule has 0 aliphatic carbocycles. The van der Waals surface area contributed by atoms with E-state index < -0.39 is 8.07 Å². The maximum atomic E-state index is 6.62. The minimum Gasteiger partial charge on any atom is -0.501 e. The Balaban J connectivity index is 0.000000217. The number of benzene rings is 5. The Morgan fingerprint density at radius 1 is 0.696 bits per heavy atom. The third-order valence-corrected chi connectivity index (χ3v) is 12.1. The Labute approximate surface area is 347 Å². The molecule has 1 radical (unpaired) electrons. The van der Waals surface area contributed by atoms with Crippen molar-refractivity contribution in [3.8, 4) is 44.8 Å². The average Bonchev–Trinajstić information content (AvgIpc) is 3.57. The molecule has 0 aliphatic rings. The zero-order valence-corrected chi connectivity index (χ0v) is 37.1. The predicted octanol–water partition coefficient (Wildman–Crippen LogP) is 13.4. The Morgan fingerprint density at radius 2 is 1.39 bits per heavy atom. The molecule has 0 fully saturated rings. The van der Waals surface area contributed by atoms with Crippen LogP contribution in [0.3, 0.4) is 0 Å². The Kier molecular flexibility index (Phi) is 12.4. The first kappa shape index (κ1) is 40.7. The van der Waals surface area contributed by atoms with E-state index in [9.17, 15) is 0 Å². The van der Waals surface area contributed by atoms with Gasteiger partial charge in [-0.3, -0.25) is 0 Å². The Hall–Kier alpha value is -4.93. The summed E-state index contributed by atoms with van der Waals surface area (Å²) in [6.45, 7) is 18.4. The third kappa shape index (κ3) is 9.03. The van der Waals surface area contributed by atoms with Crippen LogP contribution in [0.1, 0.15) is 45.7 Å². The molecular formula is C51H50IrN2OSi-2. The maximum absolute atomic E-state index is 6.62. The fraction of sp³-hybridized carbons (Fsp3) is 0.216. The smallest absolute Gasteiger partial charge is 0.122 e. The molecule has 3 aromatic heterocycles. The van der Waals surface area contributed by atoms with Crippen LogP contribution in [0.15, 0.2) is 144 Å². The van der Waals surface area contributed by atoms with Gasteiger partial charge in [0.2, 0.25) is 0 Å². The van der Waals surface area contributed by atoms with E-state index in [2.05, 4.69) is 175 Å². The number of furan rings is 1. The van der Waals surface area contributed by atoms with E-state index in [1.807, 2.05) is 36.5 Å². The summed E-state index contributed by atoms with van der Waals surface area (Å²) in [5.74, 6) is 0.667. The van der Waals surface area contributed by atoms with Crippen LogP contribution in [-0.2, 0) is 31.9 Å². The van der Waals surface area contributed by atoms with Gasteiger partial charge in [-0.15, -0.1) is 54.1 Å². The van der Waals surface area contributed by atoms with Crippen LogP contribution < -0.4 is 5.19 Å². The van der Waals surface area contributed by atoms with Crippen molar-refractivity contribution in [3.63, 3.8) is 0 Å². The van der Waals surface area contributed by atoms with Gasteiger partial charge in [0.05, 0.1) is 13.7 Å². The maximum Gasteiger partial charge on any atom is 0.122 e. The van der Waals surface area contributed by atoms with Crippen LogP contribution in [0, 0.1) is 18.1 Å². The summed E-state index contributed by atoms with van der Waals surface area (Å²) in [5, 5.41) is 3.69. The van der Waals surface area contributed by atoms with E-state index >= 15 is 0 Å². The number of fused-ring (bicyclic) bond motifs is 3. The molecule has 0 atom stereocenters. The van der Waals surface area contributed by atoms with Gasteiger partial charge in [0, 0.05) is 37.9 Å². The number of hydrogen-bond acceptors (Lipinski definition) is 3. The topological polar surface area (TPSA) is 38.9 Å². The molecule has 0 amide bonds. The van der Waals surface area contributed by atoms with E-state index in [0.717, 1.165) is 62.0 Å². The van der Waals surface area contributed by atoms with Gasteiger partial charge in [0.25, 0.3) is 0 Å². The van der Waals surface area contributed by atoms with Gasteiger partial charge in [-0.2, -0.15) is 0 Å². The molecule has 3 heterocycles. The molecule has 0 saturated heterocycles. The van der Waals surface area contributed by atoms with Crippen LogP contribution >= 0.6 is 0 Å². The second kappa shape index (κ2) is 17.1. The number of pyridine rings is 2. The molecule has 285 valence electrons. The van der Waals surface area contributed by atoms with Gasteiger partial charge in [0.1, 0.15) is 5.58 Å². The molecule has 5 heteroatoms. The minimum atomic E-state index is -1.34. The molecule has 0 saturated carbocycles. The molecule has 0 spiro atoms. The average molecular weight is 927 g/mol. The molecule has 5 aromatic carbocycles. The number of hydrogen-bond donors (Lipinski definition) is 0. The molecule has 0 aliphatic heterocycles. The molecule has 8 rings (SSSR count). The van der Waals surface area contributed by atoms with Crippen LogP contribution in [0.2, 0.25) is 19.6 Å².